The van der Waals surface area contributed by atoms with Crippen molar-refractivity contribution in [3.63, 3.8) is 0 Å². The molecule has 7 heteroatoms. The maximum atomic E-state index is 13.7. The van der Waals surface area contributed by atoms with Gasteiger partial charge in [-0.15, -0.1) is 0 Å². The van der Waals surface area contributed by atoms with Crippen molar-refractivity contribution in [3.05, 3.63) is 54.0 Å². The molecule has 0 N–H and O–H groups in total. The quantitative estimate of drug-likeness (QED) is 0.414. The molecule has 0 saturated carbocycles. The monoisotopic (exact) mass is 480 g/mol. The highest BCUT2D eigenvalue weighted by molar-refractivity contribution is 6.01. The summed E-state index contributed by atoms with van der Waals surface area (Å²) in [6.07, 6.45) is 0.141. The number of carbonyl (C=O) groups is 1. The number of fused-ring (bicyclic) bond motifs is 1. The van der Waals surface area contributed by atoms with Crippen LogP contribution in [0.3, 0.4) is 0 Å². The molecule has 6 nitrogen and oxygen atoms in total. The molecule has 1 aliphatic rings. The summed E-state index contributed by atoms with van der Waals surface area (Å²) in [7, 11) is 1.62. The molecule has 0 bridgehead atoms. The van der Waals surface area contributed by atoms with Crippen LogP contribution in [-0.2, 0) is 4.74 Å². The van der Waals surface area contributed by atoms with Crippen molar-refractivity contribution >= 4 is 16.9 Å². The highest BCUT2D eigenvalue weighted by Crippen LogP contribution is 2.40. The van der Waals surface area contributed by atoms with Crippen molar-refractivity contribution in [2.45, 2.75) is 58.7 Å². The molecule has 0 unspecified atom stereocenters. The largest absolute Gasteiger partial charge is 0.497 e. The summed E-state index contributed by atoms with van der Waals surface area (Å²) in [5.41, 5.74) is 2.16. The number of likely N-dealkylation sites (tertiary alicyclic amines) is 1. The predicted octanol–water partition coefficient (Wildman–Crippen LogP) is 6.56. The zero-order chi connectivity index (χ0) is 25.3. The number of nitrogens with zero attached hydrogens (tertiary/aromatic N) is 2. The van der Waals surface area contributed by atoms with Gasteiger partial charge in [-0.05, 0) is 68.0 Å². The lowest BCUT2D eigenvalue weighted by Gasteiger charge is -2.24. The number of carbonyl (C=O) groups excluding carboxylic acids is 1. The van der Waals surface area contributed by atoms with Crippen molar-refractivity contribution in [1.29, 1.82) is 0 Å². The van der Waals surface area contributed by atoms with Gasteiger partial charge < -0.3 is 19.1 Å². The summed E-state index contributed by atoms with van der Waals surface area (Å²) in [5, 5.41) is 1.76. The summed E-state index contributed by atoms with van der Waals surface area (Å²) in [5.74, 6) is 1.01. The Morgan fingerprint density at radius 2 is 1.83 bits per heavy atom. The second-order valence-corrected chi connectivity index (χ2v) is 10.2. The average Bonchev–Trinajstić information content (AvgIpc) is 3.27. The number of halogens is 1. The third-order valence-electron chi connectivity index (χ3n) is 5.96. The molecule has 2 heterocycles. The molecule has 4 rings (SSSR count). The predicted molar refractivity (Wildman–Crippen MR) is 135 cm³/mol. The lowest BCUT2D eigenvalue weighted by Crippen LogP contribution is -2.36. The SMILES string of the molecule is COc1ccc2c(-c3ccc(F)cc3)c(C(C)C)nc(O[C@H]3CCN(C(=O)OC(C)(C)C)C3)c2c1. The minimum Gasteiger partial charge on any atom is -0.497 e. The third-order valence-corrected chi connectivity index (χ3v) is 5.96. The maximum Gasteiger partial charge on any atom is 0.410 e. The molecule has 1 saturated heterocycles. The van der Waals surface area contributed by atoms with Gasteiger partial charge in [-0.2, -0.15) is 0 Å². The van der Waals surface area contributed by atoms with Crippen LogP contribution in [0.4, 0.5) is 9.18 Å². The van der Waals surface area contributed by atoms with Crippen LogP contribution in [0.25, 0.3) is 21.9 Å². The normalized spacial score (nSPS) is 16.1. The van der Waals surface area contributed by atoms with Crippen LogP contribution in [0.1, 0.15) is 52.7 Å². The third kappa shape index (κ3) is 5.50. The number of pyridine rings is 1. The smallest absolute Gasteiger partial charge is 0.410 e. The van der Waals surface area contributed by atoms with Gasteiger partial charge in [0, 0.05) is 23.9 Å². The van der Waals surface area contributed by atoms with Crippen molar-refractivity contribution in [3.8, 4) is 22.8 Å². The number of benzene rings is 2. The first-order chi connectivity index (χ1) is 16.6. The zero-order valence-corrected chi connectivity index (χ0v) is 21.2. The van der Waals surface area contributed by atoms with Gasteiger partial charge in [0.2, 0.25) is 5.88 Å². The molecule has 1 aromatic heterocycles. The van der Waals surface area contributed by atoms with E-state index in [0.717, 1.165) is 27.6 Å². The first kappa shape index (κ1) is 24.8. The molecule has 35 heavy (non-hydrogen) atoms. The molecule has 186 valence electrons. The number of rotatable bonds is 5. The van der Waals surface area contributed by atoms with E-state index >= 15 is 0 Å². The Hall–Kier alpha value is -3.35. The van der Waals surface area contributed by atoms with Crippen molar-refractivity contribution in [2.24, 2.45) is 0 Å². The van der Waals surface area contributed by atoms with Gasteiger partial charge in [-0.1, -0.05) is 26.0 Å². The topological polar surface area (TPSA) is 60.9 Å². The van der Waals surface area contributed by atoms with E-state index < -0.39 is 5.60 Å². The van der Waals surface area contributed by atoms with Gasteiger partial charge in [0.25, 0.3) is 0 Å². The summed E-state index contributed by atoms with van der Waals surface area (Å²) >= 11 is 0. The van der Waals surface area contributed by atoms with E-state index in [9.17, 15) is 9.18 Å². The Bertz CT molecular complexity index is 1220. The van der Waals surface area contributed by atoms with Crippen LogP contribution in [-0.4, -0.2) is 47.9 Å². The van der Waals surface area contributed by atoms with E-state index in [2.05, 4.69) is 13.8 Å². The number of methoxy groups -OCH3 is 1. The number of amides is 1. The second kappa shape index (κ2) is 9.72. The molecular weight excluding hydrogens is 447 g/mol. The highest BCUT2D eigenvalue weighted by atomic mass is 19.1. The van der Waals surface area contributed by atoms with Crippen LogP contribution in [0.15, 0.2) is 42.5 Å². The molecule has 0 spiro atoms. The summed E-state index contributed by atoms with van der Waals surface area (Å²) < 4.78 is 31.1. The van der Waals surface area contributed by atoms with E-state index in [-0.39, 0.29) is 23.9 Å². The molecule has 3 aromatic rings. The fourth-order valence-electron chi connectivity index (χ4n) is 4.31. The van der Waals surface area contributed by atoms with Crippen molar-refractivity contribution < 1.29 is 23.4 Å². The van der Waals surface area contributed by atoms with Gasteiger partial charge in [0.05, 0.1) is 19.3 Å². The zero-order valence-electron chi connectivity index (χ0n) is 21.2. The second-order valence-electron chi connectivity index (χ2n) is 10.2. The van der Waals surface area contributed by atoms with Crippen LogP contribution < -0.4 is 9.47 Å². The van der Waals surface area contributed by atoms with Gasteiger partial charge >= 0.3 is 6.09 Å². The van der Waals surface area contributed by atoms with Gasteiger partial charge in [0.15, 0.2) is 0 Å². The molecule has 1 aliphatic heterocycles. The molecule has 1 amide bonds. The fraction of sp³-hybridized carbons (Fsp3) is 0.429. The van der Waals surface area contributed by atoms with E-state index in [0.29, 0.717) is 31.1 Å². The first-order valence-corrected chi connectivity index (χ1v) is 12.0. The molecule has 0 aliphatic carbocycles. The number of hydrogen-bond donors (Lipinski definition) is 0. The highest BCUT2D eigenvalue weighted by Gasteiger charge is 2.32. The molecule has 0 radical (unpaired) electrons. The van der Waals surface area contributed by atoms with Gasteiger partial charge in [0.1, 0.15) is 23.3 Å². The first-order valence-electron chi connectivity index (χ1n) is 12.0. The minimum absolute atomic E-state index is 0.103. The van der Waals surface area contributed by atoms with Gasteiger partial charge in [-0.25, -0.2) is 14.2 Å². The molecule has 1 fully saturated rings. The standard InChI is InChI=1S/C28H33FN2O4/c1-17(2)25-24(18-7-9-19(29)10-8-18)22-12-11-20(33-6)15-23(22)26(30-25)34-21-13-14-31(16-21)27(32)35-28(3,4)5/h7-12,15,17,21H,13-14,16H2,1-6H3/t21-/m0/s1. The van der Waals surface area contributed by atoms with Crippen molar-refractivity contribution in [1.82, 2.24) is 9.88 Å². The average molecular weight is 481 g/mol. The number of hydrogen-bond acceptors (Lipinski definition) is 5. The molecule has 2 aromatic carbocycles. The van der Waals surface area contributed by atoms with Crippen LogP contribution in [0.5, 0.6) is 11.6 Å². The Morgan fingerprint density at radius 1 is 1.11 bits per heavy atom. The molecule has 1 atom stereocenters. The van der Waals surface area contributed by atoms with Gasteiger partial charge in [-0.3, -0.25) is 0 Å². The Labute approximate surface area is 206 Å². The van der Waals surface area contributed by atoms with Crippen LogP contribution >= 0.6 is 0 Å². The van der Waals surface area contributed by atoms with Crippen molar-refractivity contribution in [2.75, 3.05) is 20.2 Å². The number of ether oxygens (including phenoxy) is 3. The number of aromatic nitrogens is 1. The summed E-state index contributed by atoms with van der Waals surface area (Å²) in [4.78, 5) is 19.1. The Kier molecular flexibility index (Phi) is 6.88. The van der Waals surface area contributed by atoms with E-state index in [1.165, 1.54) is 12.1 Å². The Balaban J connectivity index is 1.74. The Morgan fingerprint density at radius 3 is 2.46 bits per heavy atom. The summed E-state index contributed by atoms with van der Waals surface area (Å²) in [6, 6.07) is 12.3. The minimum atomic E-state index is -0.549. The fourth-order valence-corrected chi connectivity index (χ4v) is 4.31. The van der Waals surface area contributed by atoms with E-state index in [1.807, 2.05) is 39.0 Å². The molecular formula is C28H33FN2O4. The van der Waals surface area contributed by atoms with E-state index in [1.54, 1.807) is 24.1 Å². The van der Waals surface area contributed by atoms with Crippen LogP contribution in [0.2, 0.25) is 0 Å². The lowest BCUT2D eigenvalue weighted by atomic mass is 9.92. The van der Waals surface area contributed by atoms with E-state index in [4.69, 9.17) is 19.2 Å². The maximum absolute atomic E-state index is 13.7. The van der Waals surface area contributed by atoms with Crippen LogP contribution in [0, 0.1) is 5.82 Å². The lowest BCUT2D eigenvalue weighted by molar-refractivity contribution is 0.0275. The summed E-state index contributed by atoms with van der Waals surface area (Å²) in [6.45, 7) is 10.7.